The van der Waals surface area contributed by atoms with Crippen LogP contribution in [-0.4, -0.2) is 27.0 Å². The third kappa shape index (κ3) is 6.11. The lowest BCUT2D eigenvalue weighted by atomic mass is 9.92. The van der Waals surface area contributed by atoms with Crippen LogP contribution in [0.2, 0.25) is 10.0 Å². The van der Waals surface area contributed by atoms with E-state index in [9.17, 15) is 9.59 Å². The molecule has 0 aliphatic heterocycles. The number of aliphatic carboxylic acids is 1. The SMILES string of the molecule is CC(C)CC(CC(=O)O)C(=O)NC(CC(C)C)c1nc2cc(Cl)c(Cl)cc2[nH]1. The number of aromatic amines is 1. The van der Waals surface area contributed by atoms with Gasteiger partial charge in [0.05, 0.1) is 33.5 Å². The molecule has 1 heterocycles. The zero-order chi connectivity index (χ0) is 21.0. The van der Waals surface area contributed by atoms with Crippen LogP contribution in [0.25, 0.3) is 11.0 Å². The van der Waals surface area contributed by atoms with Crippen LogP contribution in [0, 0.1) is 17.8 Å². The van der Waals surface area contributed by atoms with Gasteiger partial charge in [0, 0.05) is 5.92 Å². The number of aromatic nitrogens is 2. The van der Waals surface area contributed by atoms with Crippen LogP contribution in [0.15, 0.2) is 12.1 Å². The van der Waals surface area contributed by atoms with Crippen LogP contribution in [0.5, 0.6) is 0 Å². The van der Waals surface area contributed by atoms with Crippen molar-refractivity contribution in [1.82, 2.24) is 15.3 Å². The topological polar surface area (TPSA) is 95.1 Å². The molecule has 0 radical (unpaired) electrons. The second-order valence-corrected chi connectivity index (χ2v) is 8.83. The summed E-state index contributed by atoms with van der Waals surface area (Å²) < 4.78 is 0. The fraction of sp³-hybridized carbons (Fsp3) is 0.550. The second kappa shape index (κ2) is 9.61. The highest BCUT2D eigenvalue weighted by molar-refractivity contribution is 6.42. The number of carboxylic acid groups (broad SMARTS) is 1. The van der Waals surface area contributed by atoms with Crippen LogP contribution < -0.4 is 5.32 Å². The minimum atomic E-state index is -0.978. The van der Waals surface area contributed by atoms with Crippen LogP contribution in [-0.2, 0) is 9.59 Å². The number of halogens is 2. The molecule has 1 amide bonds. The summed E-state index contributed by atoms with van der Waals surface area (Å²) in [5.41, 5.74) is 1.40. The summed E-state index contributed by atoms with van der Waals surface area (Å²) in [5.74, 6) is -0.704. The molecule has 2 rings (SSSR count). The number of carboxylic acids is 1. The van der Waals surface area contributed by atoms with Crippen LogP contribution in [0.3, 0.4) is 0 Å². The molecule has 6 nitrogen and oxygen atoms in total. The molecule has 8 heteroatoms. The van der Waals surface area contributed by atoms with Gasteiger partial charge in [0.1, 0.15) is 5.82 Å². The number of amides is 1. The molecule has 0 aliphatic carbocycles. The Hall–Kier alpha value is -1.79. The Morgan fingerprint density at radius 3 is 2.29 bits per heavy atom. The zero-order valence-electron chi connectivity index (χ0n) is 16.6. The van der Waals surface area contributed by atoms with E-state index in [1.165, 1.54) is 0 Å². The fourth-order valence-corrected chi connectivity index (χ4v) is 3.57. The van der Waals surface area contributed by atoms with Gasteiger partial charge in [0.25, 0.3) is 0 Å². The first kappa shape index (κ1) is 22.5. The largest absolute Gasteiger partial charge is 0.481 e. The summed E-state index contributed by atoms with van der Waals surface area (Å²) in [7, 11) is 0. The van der Waals surface area contributed by atoms with Crippen molar-refractivity contribution in [3.63, 3.8) is 0 Å². The van der Waals surface area contributed by atoms with Gasteiger partial charge in [-0.2, -0.15) is 0 Å². The summed E-state index contributed by atoms with van der Waals surface area (Å²) in [6.07, 6.45) is 0.982. The first-order chi connectivity index (χ1) is 13.1. The predicted molar refractivity (Wildman–Crippen MR) is 112 cm³/mol. The monoisotopic (exact) mass is 427 g/mol. The fourth-order valence-electron chi connectivity index (χ4n) is 3.25. The van der Waals surface area contributed by atoms with E-state index in [0.29, 0.717) is 40.1 Å². The van der Waals surface area contributed by atoms with Gasteiger partial charge in [0.2, 0.25) is 5.91 Å². The van der Waals surface area contributed by atoms with Gasteiger partial charge >= 0.3 is 5.97 Å². The number of H-pyrrole nitrogens is 1. The summed E-state index contributed by atoms with van der Waals surface area (Å²) in [4.78, 5) is 31.8. The Kier molecular flexibility index (Phi) is 7.72. The maximum atomic E-state index is 12.8. The average molecular weight is 428 g/mol. The summed E-state index contributed by atoms with van der Waals surface area (Å²) in [6, 6.07) is 3.02. The number of nitrogens with one attached hydrogen (secondary N) is 2. The highest BCUT2D eigenvalue weighted by Gasteiger charge is 2.27. The number of carbonyl (C=O) groups is 2. The van der Waals surface area contributed by atoms with E-state index in [-0.39, 0.29) is 24.3 Å². The Morgan fingerprint density at radius 2 is 1.71 bits per heavy atom. The van der Waals surface area contributed by atoms with Crippen molar-refractivity contribution < 1.29 is 14.7 Å². The summed E-state index contributed by atoms with van der Waals surface area (Å²) in [6.45, 7) is 8.05. The first-order valence-electron chi connectivity index (χ1n) is 9.43. The molecule has 0 saturated carbocycles. The molecule has 3 N–H and O–H groups in total. The van der Waals surface area contributed by atoms with E-state index in [0.717, 1.165) is 5.52 Å². The zero-order valence-corrected chi connectivity index (χ0v) is 18.1. The molecule has 0 aliphatic rings. The highest BCUT2D eigenvalue weighted by Crippen LogP contribution is 2.29. The first-order valence-corrected chi connectivity index (χ1v) is 10.2. The lowest BCUT2D eigenvalue weighted by molar-refractivity contribution is -0.141. The van der Waals surface area contributed by atoms with Crippen molar-refractivity contribution >= 4 is 46.1 Å². The van der Waals surface area contributed by atoms with Crippen molar-refractivity contribution in [2.24, 2.45) is 17.8 Å². The van der Waals surface area contributed by atoms with Crippen LogP contribution in [0.4, 0.5) is 0 Å². The molecular weight excluding hydrogens is 401 g/mol. The van der Waals surface area contributed by atoms with Crippen molar-refractivity contribution in [2.45, 2.75) is 53.0 Å². The number of hydrogen-bond acceptors (Lipinski definition) is 3. The Morgan fingerprint density at radius 1 is 1.11 bits per heavy atom. The van der Waals surface area contributed by atoms with Crippen LogP contribution >= 0.6 is 23.2 Å². The quantitative estimate of drug-likeness (QED) is 0.511. The highest BCUT2D eigenvalue weighted by atomic mass is 35.5. The normalized spacial score (nSPS) is 13.9. The number of fused-ring (bicyclic) bond motifs is 1. The van der Waals surface area contributed by atoms with Crippen molar-refractivity contribution in [2.75, 3.05) is 0 Å². The molecule has 0 spiro atoms. The maximum Gasteiger partial charge on any atom is 0.304 e. The van der Waals surface area contributed by atoms with Gasteiger partial charge in [0.15, 0.2) is 0 Å². The lowest BCUT2D eigenvalue weighted by Gasteiger charge is -2.23. The molecule has 1 aromatic heterocycles. The van der Waals surface area contributed by atoms with Gasteiger partial charge < -0.3 is 15.4 Å². The smallest absolute Gasteiger partial charge is 0.304 e. The van der Waals surface area contributed by atoms with Gasteiger partial charge in [-0.1, -0.05) is 50.9 Å². The van der Waals surface area contributed by atoms with Crippen molar-refractivity contribution in [3.05, 3.63) is 28.0 Å². The summed E-state index contributed by atoms with van der Waals surface area (Å²) in [5, 5.41) is 13.0. The van der Waals surface area contributed by atoms with E-state index in [1.54, 1.807) is 12.1 Å². The molecule has 0 saturated heterocycles. The van der Waals surface area contributed by atoms with E-state index in [1.807, 2.05) is 13.8 Å². The summed E-state index contributed by atoms with van der Waals surface area (Å²) >= 11 is 12.2. The minimum absolute atomic E-state index is 0.191. The number of benzene rings is 1. The molecule has 0 fully saturated rings. The Labute approximate surface area is 175 Å². The molecule has 2 atom stereocenters. The van der Waals surface area contributed by atoms with Gasteiger partial charge in [-0.3, -0.25) is 9.59 Å². The molecule has 1 aromatic carbocycles. The second-order valence-electron chi connectivity index (χ2n) is 8.02. The maximum absolute atomic E-state index is 12.8. The molecular formula is C20H27Cl2N3O3. The van der Waals surface area contributed by atoms with Crippen LogP contribution in [0.1, 0.15) is 58.8 Å². The van der Waals surface area contributed by atoms with E-state index in [4.69, 9.17) is 28.3 Å². The van der Waals surface area contributed by atoms with Gasteiger partial charge in [-0.25, -0.2) is 4.98 Å². The average Bonchev–Trinajstić information content (AvgIpc) is 2.95. The number of imidazole rings is 1. The van der Waals surface area contributed by atoms with Gasteiger partial charge in [-0.15, -0.1) is 0 Å². The Bertz CT molecular complexity index is 810. The molecule has 28 heavy (non-hydrogen) atoms. The molecule has 2 aromatic rings. The lowest BCUT2D eigenvalue weighted by Crippen LogP contribution is -2.36. The third-order valence-electron chi connectivity index (χ3n) is 4.44. The molecule has 154 valence electrons. The van der Waals surface area contributed by atoms with E-state index in [2.05, 4.69) is 29.1 Å². The van der Waals surface area contributed by atoms with E-state index < -0.39 is 11.9 Å². The molecule has 0 bridgehead atoms. The van der Waals surface area contributed by atoms with Crippen molar-refractivity contribution in [3.8, 4) is 0 Å². The third-order valence-corrected chi connectivity index (χ3v) is 5.17. The number of carbonyl (C=O) groups excluding carboxylic acids is 1. The minimum Gasteiger partial charge on any atom is -0.481 e. The predicted octanol–water partition coefficient (Wildman–Crippen LogP) is 5.21. The Balaban J connectivity index is 2.29. The van der Waals surface area contributed by atoms with Gasteiger partial charge in [-0.05, 0) is 36.8 Å². The van der Waals surface area contributed by atoms with E-state index >= 15 is 0 Å². The number of hydrogen-bond donors (Lipinski definition) is 3. The standard InChI is InChI=1S/C20H27Cl2N3O3/c1-10(2)5-12(7-18(26)27)20(28)25-17(6-11(3)4)19-23-15-8-13(21)14(22)9-16(15)24-19/h8-12,17H,5-7H2,1-4H3,(H,23,24)(H,25,28)(H,26,27). The number of rotatable bonds is 9. The van der Waals surface area contributed by atoms with Crippen molar-refractivity contribution in [1.29, 1.82) is 0 Å². The number of nitrogens with zero attached hydrogens (tertiary/aromatic N) is 1. The molecule has 2 unspecified atom stereocenters.